The summed E-state index contributed by atoms with van der Waals surface area (Å²) in [4.78, 5) is 2.39. The molecule has 2 heteroatoms. The van der Waals surface area contributed by atoms with E-state index < -0.39 is 0 Å². The number of fused-ring (bicyclic) bond motifs is 5. The molecule has 0 aliphatic rings. The molecule has 0 aliphatic carbocycles. The highest BCUT2D eigenvalue weighted by Gasteiger charge is 2.20. The van der Waals surface area contributed by atoms with E-state index in [0.717, 1.165) is 28.3 Å². The van der Waals surface area contributed by atoms with Gasteiger partial charge in [-0.05, 0) is 139 Å². The molecule has 0 bridgehead atoms. The van der Waals surface area contributed by atoms with Crippen molar-refractivity contribution in [1.29, 1.82) is 0 Å². The molecule has 0 saturated carbocycles. The van der Waals surface area contributed by atoms with E-state index in [1.807, 2.05) is 0 Å². The minimum Gasteiger partial charge on any atom is -0.310 e. The highest BCUT2D eigenvalue weighted by molar-refractivity contribution is 6.25. The Morgan fingerprint density at radius 2 is 0.712 bits per heavy atom. The van der Waals surface area contributed by atoms with Gasteiger partial charge in [-0.25, -0.2) is 0 Å². The van der Waals surface area contributed by atoms with Crippen molar-refractivity contribution in [2.45, 2.75) is 0 Å². The van der Waals surface area contributed by atoms with Crippen molar-refractivity contribution in [2.24, 2.45) is 0 Å². The van der Waals surface area contributed by atoms with Gasteiger partial charge in [-0.15, -0.1) is 0 Å². The van der Waals surface area contributed by atoms with E-state index in [1.54, 1.807) is 0 Å². The summed E-state index contributed by atoms with van der Waals surface area (Å²) in [7, 11) is 0. The Balaban J connectivity index is 0.995. The third-order valence-electron chi connectivity index (χ3n) is 13.0. The van der Waals surface area contributed by atoms with Gasteiger partial charge in [-0.1, -0.05) is 194 Å². The van der Waals surface area contributed by atoms with Gasteiger partial charge in [-0.3, -0.25) is 0 Å². The Morgan fingerprint density at radius 1 is 0.258 bits per heavy atom. The highest BCUT2D eigenvalue weighted by Crippen LogP contribution is 2.44. The lowest BCUT2D eigenvalue weighted by Gasteiger charge is -2.26. The van der Waals surface area contributed by atoms with Crippen LogP contribution in [-0.4, -0.2) is 4.57 Å². The monoisotopic (exact) mass is 840 g/mol. The maximum Gasteiger partial charge on any atom is 0.0547 e. The average Bonchev–Trinajstić information content (AvgIpc) is 3.75. The molecule has 0 radical (unpaired) electrons. The maximum atomic E-state index is 2.42. The Bertz CT molecular complexity index is 3540. The molecule has 0 spiro atoms. The summed E-state index contributed by atoms with van der Waals surface area (Å²) >= 11 is 0. The van der Waals surface area contributed by atoms with Crippen molar-refractivity contribution in [3.05, 3.63) is 267 Å². The third-order valence-corrected chi connectivity index (χ3v) is 13.0. The molecule has 0 aliphatic heterocycles. The predicted molar refractivity (Wildman–Crippen MR) is 280 cm³/mol. The molecule has 0 saturated heterocycles. The van der Waals surface area contributed by atoms with Crippen molar-refractivity contribution in [2.75, 3.05) is 4.90 Å². The van der Waals surface area contributed by atoms with Crippen LogP contribution in [-0.2, 0) is 0 Å². The Morgan fingerprint density at radius 3 is 1.30 bits per heavy atom. The van der Waals surface area contributed by atoms with Gasteiger partial charge in [0.05, 0.1) is 11.0 Å². The molecule has 0 unspecified atom stereocenters. The van der Waals surface area contributed by atoms with E-state index in [1.165, 1.54) is 82.6 Å². The number of benzene rings is 11. The van der Waals surface area contributed by atoms with Crippen molar-refractivity contribution in [3.63, 3.8) is 0 Å². The normalized spacial score (nSPS) is 11.3. The van der Waals surface area contributed by atoms with E-state index in [4.69, 9.17) is 0 Å². The van der Waals surface area contributed by atoms with Gasteiger partial charge in [0.25, 0.3) is 0 Å². The van der Waals surface area contributed by atoms with E-state index in [-0.39, 0.29) is 0 Å². The van der Waals surface area contributed by atoms with Gasteiger partial charge in [0.2, 0.25) is 0 Å². The summed E-state index contributed by atoms with van der Waals surface area (Å²) in [6.07, 6.45) is 0. The van der Waals surface area contributed by atoms with Gasteiger partial charge in [0.15, 0.2) is 0 Å². The van der Waals surface area contributed by atoms with Crippen LogP contribution in [0.15, 0.2) is 267 Å². The molecule has 66 heavy (non-hydrogen) atoms. The van der Waals surface area contributed by atoms with Crippen LogP contribution < -0.4 is 4.90 Å². The molecule has 1 aromatic heterocycles. The van der Waals surface area contributed by atoms with E-state index in [2.05, 4.69) is 276 Å². The molecule has 0 atom stereocenters. The summed E-state index contributed by atoms with van der Waals surface area (Å²) in [5, 5.41) is 5.01. The zero-order valence-corrected chi connectivity index (χ0v) is 36.3. The molecule has 0 amide bonds. The fraction of sp³-hybridized carbons (Fsp3) is 0. The van der Waals surface area contributed by atoms with Gasteiger partial charge >= 0.3 is 0 Å². The first-order valence-corrected chi connectivity index (χ1v) is 22.7. The Labute approximate surface area is 385 Å². The fourth-order valence-corrected chi connectivity index (χ4v) is 9.81. The Kier molecular flexibility index (Phi) is 9.89. The summed E-state index contributed by atoms with van der Waals surface area (Å²) in [6.45, 7) is 0. The molecule has 0 N–H and O–H groups in total. The van der Waals surface area contributed by atoms with Crippen LogP contribution in [0.1, 0.15) is 0 Å². The van der Waals surface area contributed by atoms with Crippen molar-refractivity contribution in [3.8, 4) is 61.3 Å². The molecule has 12 aromatic rings. The second kappa shape index (κ2) is 16.8. The number of anilines is 3. The second-order valence-electron chi connectivity index (χ2n) is 16.9. The topological polar surface area (TPSA) is 8.17 Å². The van der Waals surface area contributed by atoms with Crippen LogP contribution in [0.25, 0.3) is 93.9 Å². The lowest BCUT2D eigenvalue weighted by molar-refractivity contribution is 1.18. The zero-order valence-electron chi connectivity index (χ0n) is 36.3. The first-order valence-electron chi connectivity index (χ1n) is 22.7. The predicted octanol–water partition coefficient (Wildman–Crippen LogP) is 17.7. The Hall–Kier alpha value is -8.72. The first kappa shape index (κ1) is 38.9. The number of hydrogen-bond acceptors (Lipinski definition) is 1. The fourth-order valence-electron chi connectivity index (χ4n) is 9.81. The standard InChI is InChI=1S/C64H44N2/c1-4-16-45(17-5-1)50-21-12-23-52(42-50)47-32-37-56(38-33-47)65(57-39-34-48(35-40-57)53-24-13-22-51(43-53)46-18-6-2-7-19-46)58-28-14-25-54(44-58)60-30-15-31-61-64(60)63-59-29-11-10-20-49(59)36-41-62(63)66(61)55-26-8-3-9-27-55/h1-44H. The largest absolute Gasteiger partial charge is 0.310 e. The molecule has 2 nitrogen and oxygen atoms in total. The molecular formula is C64H44N2. The summed E-state index contributed by atoms with van der Waals surface area (Å²) in [6, 6.07) is 96.8. The van der Waals surface area contributed by atoms with Crippen molar-refractivity contribution in [1.82, 2.24) is 4.57 Å². The smallest absolute Gasteiger partial charge is 0.0547 e. The molecule has 1 heterocycles. The van der Waals surface area contributed by atoms with Gasteiger partial charge < -0.3 is 9.47 Å². The molecule has 310 valence electrons. The van der Waals surface area contributed by atoms with Crippen molar-refractivity contribution < 1.29 is 0 Å². The second-order valence-corrected chi connectivity index (χ2v) is 16.9. The van der Waals surface area contributed by atoms with Gasteiger partial charge in [0, 0.05) is 33.5 Å². The zero-order chi connectivity index (χ0) is 43.8. The van der Waals surface area contributed by atoms with Gasteiger partial charge in [-0.2, -0.15) is 0 Å². The van der Waals surface area contributed by atoms with Gasteiger partial charge in [0.1, 0.15) is 0 Å². The maximum absolute atomic E-state index is 2.42. The number of nitrogens with zero attached hydrogens (tertiary/aromatic N) is 2. The number of para-hydroxylation sites is 1. The highest BCUT2D eigenvalue weighted by atomic mass is 15.1. The van der Waals surface area contributed by atoms with Crippen LogP contribution in [0.2, 0.25) is 0 Å². The van der Waals surface area contributed by atoms with E-state index in [0.29, 0.717) is 0 Å². The first-order chi connectivity index (χ1) is 32.7. The summed E-state index contributed by atoms with van der Waals surface area (Å²) < 4.78 is 2.42. The van der Waals surface area contributed by atoms with Crippen LogP contribution in [0.5, 0.6) is 0 Å². The number of aromatic nitrogens is 1. The molecule has 12 rings (SSSR count). The van der Waals surface area contributed by atoms with E-state index >= 15 is 0 Å². The van der Waals surface area contributed by atoms with Crippen LogP contribution in [0, 0.1) is 0 Å². The summed E-state index contributed by atoms with van der Waals surface area (Å²) in [5.74, 6) is 0. The molecule has 11 aromatic carbocycles. The number of rotatable bonds is 9. The lowest BCUT2D eigenvalue weighted by atomic mass is 9.96. The van der Waals surface area contributed by atoms with E-state index in [9.17, 15) is 0 Å². The van der Waals surface area contributed by atoms with Crippen LogP contribution in [0.3, 0.4) is 0 Å². The minimum absolute atomic E-state index is 1.08. The average molecular weight is 841 g/mol. The number of hydrogen-bond donors (Lipinski definition) is 0. The molecule has 0 fully saturated rings. The van der Waals surface area contributed by atoms with Crippen LogP contribution >= 0.6 is 0 Å². The van der Waals surface area contributed by atoms with Crippen molar-refractivity contribution >= 4 is 49.6 Å². The minimum atomic E-state index is 1.08. The third kappa shape index (κ3) is 7.12. The van der Waals surface area contributed by atoms with Crippen LogP contribution in [0.4, 0.5) is 17.1 Å². The SMILES string of the molecule is c1ccc(-c2cccc(-c3ccc(N(c4ccc(-c5cccc(-c6ccccc6)c5)cc4)c4cccc(-c5cccc6c5c5c7ccccc7ccc5n6-c5ccccc5)c4)cc3)c2)cc1. The lowest BCUT2D eigenvalue weighted by Crippen LogP contribution is -2.10. The summed E-state index contributed by atoms with van der Waals surface area (Å²) in [5.41, 5.74) is 18.7. The molecular weight excluding hydrogens is 797 g/mol. The quantitative estimate of drug-likeness (QED) is 0.141.